The number of aromatic nitrogens is 1. The topological polar surface area (TPSA) is 38.9 Å². The summed E-state index contributed by atoms with van der Waals surface area (Å²) >= 11 is 5.91. The normalized spacial score (nSPS) is 10.5. The van der Waals surface area contributed by atoms with Crippen molar-refractivity contribution in [3.8, 4) is 0 Å². The summed E-state index contributed by atoms with van der Waals surface area (Å²) in [5.41, 5.74) is 9.36. The van der Waals surface area contributed by atoms with E-state index in [1.165, 1.54) is 11.1 Å². The number of nitrogens with zero attached hydrogens (tertiary/aromatic N) is 1. The molecule has 0 amide bonds. The molecular weight excluding hydrogens is 232 g/mol. The van der Waals surface area contributed by atoms with Gasteiger partial charge in [-0.1, -0.05) is 42.8 Å². The van der Waals surface area contributed by atoms with Gasteiger partial charge in [0.05, 0.1) is 5.02 Å². The van der Waals surface area contributed by atoms with E-state index in [1.807, 2.05) is 6.07 Å². The zero-order valence-electron chi connectivity index (χ0n) is 9.78. The molecule has 2 nitrogen and oxygen atoms in total. The summed E-state index contributed by atoms with van der Waals surface area (Å²) in [5.74, 6) is 0.550. The third-order valence-electron chi connectivity index (χ3n) is 2.79. The first kappa shape index (κ1) is 11.9. The molecule has 0 spiro atoms. The molecule has 1 aromatic heterocycles. The molecule has 0 bridgehead atoms. The van der Waals surface area contributed by atoms with Crippen molar-refractivity contribution in [2.45, 2.75) is 19.8 Å². The summed E-state index contributed by atoms with van der Waals surface area (Å²) in [6, 6.07) is 10.4. The van der Waals surface area contributed by atoms with Crippen LogP contribution in [0.2, 0.25) is 5.02 Å². The van der Waals surface area contributed by atoms with Gasteiger partial charge in [0.1, 0.15) is 5.82 Å². The molecule has 0 atom stereocenters. The smallest absolute Gasteiger partial charge is 0.126 e. The lowest BCUT2D eigenvalue weighted by Gasteiger charge is -2.06. The van der Waals surface area contributed by atoms with Crippen molar-refractivity contribution in [1.82, 2.24) is 4.98 Å². The molecule has 1 heterocycles. The van der Waals surface area contributed by atoms with Gasteiger partial charge in [0, 0.05) is 18.2 Å². The van der Waals surface area contributed by atoms with Crippen molar-refractivity contribution in [3.63, 3.8) is 0 Å². The second kappa shape index (κ2) is 5.19. The highest BCUT2D eigenvalue weighted by Crippen LogP contribution is 2.19. The lowest BCUT2D eigenvalue weighted by Crippen LogP contribution is -1.98. The molecule has 2 aromatic rings. The molecule has 0 saturated carbocycles. The summed E-state index contributed by atoms with van der Waals surface area (Å²) in [7, 11) is 0. The number of anilines is 1. The highest BCUT2D eigenvalue weighted by molar-refractivity contribution is 6.30. The van der Waals surface area contributed by atoms with E-state index in [9.17, 15) is 0 Å². The van der Waals surface area contributed by atoms with Crippen molar-refractivity contribution in [2.75, 3.05) is 5.73 Å². The van der Waals surface area contributed by atoms with E-state index >= 15 is 0 Å². The minimum absolute atomic E-state index is 0.550. The molecular formula is C14H15ClN2. The zero-order chi connectivity index (χ0) is 12.3. The third kappa shape index (κ3) is 2.98. The fourth-order valence-corrected chi connectivity index (χ4v) is 1.93. The highest BCUT2D eigenvalue weighted by atomic mass is 35.5. The van der Waals surface area contributed by atoms with Gasteiger partial charge in [0.2, 0.25) is 0 Å². The molecule has 17 heavy (non-hydrogen) atoms. The van der Waals surface area contributed by atoms with E-state index < -0.39 is 0 Å². The molecule has 0 saturated heterocycles. The van der Waals surface area contributed by atoms with Crippen LogP contribution in [0.4, 0.5) is 5.82 Å². The molecule has 2 N–H and O–H groups in total. The lowest BCUT2D eigenvalue weighted by molar-refractivity contribution is 1.11. The maximum atomic E-state index is 5.91. The second-order valence-electron chi connectivity index (χ2n) is 4.04. The van der Waals surface area contributed by atoms with E-state index in [-0.39, 0.29) is 0 Å². The predicted molar refractivity (Wildman–Crippen MR) is 72.3 cm³/mol. The largest absolute Gasteiger partial charge is 0.383 e. The Labute approximate surface area is 106 Å². The van der Waals surface area contributed by atoms with Gasteiger partial charge >= 0.3 is 0 Å². The van der Waals surface area contributed by atoms with Crippen LogP contribution < -0.4 is 5.73 Å². The maximum Gasteiger partial charge on any atom is 0.126 e. The van der Waals surface area contributed by atoms with Crippen molar-refractivity contribution in [3.05, 3.63) is 58.2 Å². The SMILES string of the molecule is CCc1ccc(Cc2cc(Cl)cnc2N)cc1. The van der Waals surface area contributed by atoms with Crippen LogP contribution in [0.1, 0.15) is 23.6 Å². The summed E-state index contributed by atoms with van der Waals surface area (Å²) in [6.07, 6.45) is 3.39. The Hall–Kier alpha value is -1.54. The number of pyridine rings is 1. The molecule has 0 aliphatic rings. The lowest BCUT2D eigenvalue weighted by atomic mass is 10.0. The average Bonchev–Trinajstić information content (AvgIpc) is 2.35. The molecule has 0 aliphatic carbocycles. The van der Waals surface area contributed by atoms with Crippen molar-refractivity contribution >= 4 is 17.4 Å². The van der Waals surface area contributed by atoms with Crippen LogP contribution >= 0.6 is 11.6 Å². The maximum absolute atomic E-state index is 5.91. The van der Waals surface area contributed by atoms with Gasteiger partial charge in [-0.25, -0.2) is 4.98 Å². The fraction of sp³-hybridized carbons (Fsp3) is 0.214. The summed E-state index contributed by atoms with van der Waals surface area (Å²) < 4.78 is 0. The van der Waals surface area contributed by atoms with E-state index in [4.69, 9.17) is 17.3 Å². The molecule has 2 rings (SSSR count). The molecule has 1 aromatic carbocycles. The molecule has 0 aliphatic heterocycles. The monoisotopic (exact) mass is 246 g/mol. The summed E-state index contributed by atoms with van der Waals surface area (Å²) in [6.45, 7) is 2.15. The van der Waals surface area contributed by atoms with Crippen LogP contribution in [0.3, 0.4) is 0 Å². The van der Waals surface area contributed by atoms with Gasteiger partial charge in [-0.15, -0.1) is 0 Å². The van der Waals surface area contributed by atoms with Gasteiger partial charge in [-0.3, -0.25) is 0 Å². The second-order valence-corrected chi connectivity index (χ2v) is 4.48. The van der Waals surface area contributed by atoms with Crippen LogP contribution in [0.5, 0.6) is 0 Å². The Morgan fingerprint density at radius 3 is 2.47 bits per heavy atom. The summed E-state index contributed by atoms with van der Waals surface area (Å²) in [4.78, 5) is 4.05. The number of aryl methyl sites for hydroxylation is 1. The van der Waals surface area contributed by atoms with Crippen LogP contribution in [0, 0.1) is 0 Å². The van der Waals surface area contributed by atoms with Gasteiger partial charge in [-0.2, -0.15) is 0 Å². The number of benzene rings is 1. The molecule has 88 valence electrons. The molecule has 3 heteroatoms. The van der Waals surface area contributed by atoms with Crippen molar-refractivity contribution < 1.29 is 0 Å². The van der Waals surface area contributed by atoms with Crippen LogP contribution in [0.15, 0.2) is 36.5 Å². The Kier molecular flexibility index (Phi) is 3.64. The number of rotatable bonds is 3. The molecule has 0 fully saturated rings. The van der Waals surface area contributed by atoms with Crippen LogP contribution in [0.25, 0.3) is 0 Å². The minimum atomic E-state index is 0.550. The molecule has 0 unspecified atom stereocenters. The van der Waals surface area contributed by atoms with Crippen molar-refractivity contribution in [1.29, 1.82) is 0 Å². The molecule has 0 radical (unpaired) electrons. The van der Waals surface area contributed by atoms with Gasteiger partial charge < -0.3 is 5.73 Å². The van der Waals surface area contributed by atoms with Crippen LogP contribution in [-0.2, 0) is 12.8 Å². The standard InChI is InChI=1S/C14H15ClN2/c1-2-10-3-5-11(6-4-10)7-12-8-13(15)9-17-14(12)16/h3-6,8-9H,2,7H2,1H3,(H2,16,17). The fourth-order valence-electron chi connectivity index (χ4n) is 1.75. The Balaban J connectivity index is 2.22. The number of nitrogens with two attached hydrogens (primary N) is 1. The Bertz CT molecular complexity index is 506. The van der Waals surface area contributed by atoms with Crippen molar-refractivity contribution in [2.24, 2.45) is 0 Å². The van der Waals surface area contributed by atoms with E-state index in [1.54, 1.807) is 6.20 Å². The quantitative estimate of drug-likeness (QED) is 0.901. The number of halogens is 1. The average molecular weight is 247 g/mol. The Morgan fingerprint density at radius 2 is 1.82 bits per heavy atom. The first-order valence-corrected chi connectivity index (χ1v) is 6.04. The van der Waals surface area contributed by atoms with E-state index in [0.717, 1.165) is 18.4 Å². The highest BCUT2D eigenvalue weighted by Gasteiger charge is 2.03. The van der Waals surface area contributed by atoms with Gasteiger partial charge in [0.15, 0.2) is 0 Å². The van der Waals surface area contributed by atoms with E-state index in [0.29, 0.717) is 10.8 Å². The number of hydrogen-bond donors (Lipinski definition) is 1. The number of nitrogen functional groups attached to an aromatic ring is 1. The number of hydrogen-bond acceptors (Lipinski definition) is 2. The minimum Gasteiger partial charge on any atom is -0.383 e. The van der Waals surface area contributed by atoms with E-state index in [2.05, 4.69) is 36.2 Å². The predicted octanol–water partition coefficient (Wildman–Crippen LogP) is 3.47. The third-order valence-corrected chi connectivity index (χ3v) is 3.00. The van der Waals surface area contributed by atoms with Gasteiger partial charge in [-0.05, 0) is 23.6 Å². The first-order valence-electron chi connectivity index (χ1n) is 5.66. The Morgan fingerprint density at radius 1 is 1.18 bits per heavy atom. The van der Waals surface area contributed by atoms with Gasteiger partial charge in [0.25, 0.3) is 0 Å². The van der Waals surface area contributed by atoms with Crippen LogP contribution in [-0.4, -0.2) is 4.98 Å². The first-order chi connectivity index (χ1) is 8.19. The zero-order valence-corrected chi connectivity index (χ0v) is 10.5. The summed E-state index contributed by atoms with van der Waals surface area (Å²) in [5, 5.41) is 0.624.